The van der Waals surface area contributed by atoms with Gasteiger partial charge in [0, 0.05) is 22.8 Å². The Morgan fingerprint density at radius 3 is 2.22 bits per heavy atom. The quantitative estimate of drug-likeness (QED) is 0.226. The molecular weight excluding hydrogens is 464 g/mol. The van der Waals surface area contributed by atoms with Crippen molar-refractivity contribution in [3.63, 3.8) is 0 Å². The number of carbonyl (C=O) groups excluding carboxylic acids is 4. The van der Waals surface area contributed by atoms with Crippen LogP contribution in [-0.2, 0) is 38.1 Å². The minimum atomic E-state index is -1.32. The topological polar surface area (TPSA) is 105 Å². The van der Waals surface area contributed by atoms with Crippen LogP contribution in [0.4, 0.5) is 0 Å². The molecule has 6 saturated carbocycles. The fourth-order valence-corrected chi connectivity index (χ4v) is 9.14. The molecule has 7 fully saturated rings. The lowest BCUT2D eigenvalue weighted by atomic mass is 9.46. The Hall–Kier alpha value is -2.38. The maximum absolute atomic E-state index is 13.8. The zero-order valence-corrected chi connectivity index (χ0v) is 21.4. The van der Waals surface area contributed by atoms with Gasteiger partial charge in [-0.3, -0.25) is 9.59 Å². The van der Waals surface area contributed by atoms with Crippen molar-refractivity contribution in [1.29, 1.82) is 0 Å². The number of carbonyl (C=O) groups is 4. The summed E-state index contributed by atoms with van der Waals surface area (Å²) in [5, 5.41) is 0. The van der Waals surface area contributed by atoms with Gasteiger partial charge in [0.05, 0.1) is 0 Å². The summed E-state index contributed by atoms with van der Waals surface area (Å²) in [5.41, 5.74) is -1.81. The van der Waals surface area contributed by atoms with Crippen molar-refractivity contribution in [3.05, 3.63) is 12.2 Å². The summed E-state index contributed by atoms with van der Waals surface area (Å²) in [5.74, 6) is -0.783. The van der Waals surface area contributed by atoms with Crippen LogP contribution >= 0.6 is 0 Å². The number of esters is 4. The van der Waals surface area contributed by atoms with Gasteiger partial charge in [-0.1, -0.05) is 6.58 Å². The van der Waals surface area contributed by atoms with Crippen molar-refractivity contribution >= 4 is 23.9 Å². The number of ether oxygens (including phenoxy) is 4. The monoisotopic (exact) mass is 500 g/mol. The van der Waals surface area contributed by atoms with Crippen molar-refractivity contribution in [2.45, 2.75) is 89.9 Å². The fraction of sp³-hybridized carbons (Fsp3) is 0.786. The lowest BCUT2D eigenvalue weighted by Crippen LogP contribution is -2.59. The van der Waals surface area contributed by atoms with E-state index in [1.165, 1.54) is 26.2 Å². The number of rotatable bonds is 7. The van der Waals surface area contributed by atoms with Gasteiger partial charge in [-0.2, -0.15) is 0 Å². The predicted molar refractivity (Wildman–Crippen MR) is 125 cm³/mol. The first-order valence-electron chi connectivity index (χ1n) is 13.4. The largest absolute Gasteiger partial charge is 0.458 e. The van der Waals surface area contributed by atoms with Gasteiger partial charge in [0.1, 0.15) is 17.8 Å². The fourth-order valence-electron chi connectivity index (χ4n) is 9.14. The highest BCUT2D eigenvalue weighted by Crippen LogP contribution is 2.66. The number of hydrogen-bond donors (Lipinski definition) is 0. The molecule has 5 unspecified atom stereocenters. The minimum Gasteiger partial charge on any atom is -0.458 e. The second-order valence-corrected chi connectivity index (χ2v) is 13.1. The Bertz CT molecular complexity index is 1010. The van der Waals surface area contributed by atoms with Crippen LogP contribution in [-0.4, -0.2) is 48.3 Å². The number of fused-ring (bicyclic) bond motifs is 1. The van der Waals surface area contributed by atoms with E-state index in [0.29, 0.717) is 6.42 Å². The normalized spacial score (nSPS) is 43.3. The molecule has 0 aromatic heterocycles. The van der Waals surface area contributed by atoms with Crippen LogP contribution in [0.5, 0.6) is 0 Å². The predicted octanol–water partition coefficient (Wildman–Crippen LogP) is 3.51. The summed E-state index contributed by atoms with van der Waals surface area (Å²) in [6.45, 7) is 8.51. The SMILES string of the molecule is C=C(C)C(=O)OCC(=O)OC1C2CC3C1OC(=O)C3(C(=O)OC(C)(C)C13CC4CC(CC(C4)C1)C3)C2. The first-order valence-corrected chi connectivity index (χ1v) is 13.4. The van der Waals surface area contributed by atoms with Gasteiger partial charge >= 0.3 is 23.9 Å². The molecule has 7 aliphatic rings. The molecule has 1 heterocycles. The molecule has 36 heavy (non-hydrogen) atoms. The molecule has 196 valence electrons. The van der Waals surface area contributed by atoms with Gasteiger partial charge in [-0.05, 0) is 89.9 Å². The molecule has 0 N–H and O–H groups in total. The van der Waals surface area contributed by atoms with Crippen molar-refractivity contribution < 1.29 is 38.1 Å². The van der Waals surface area contributed by atoms with Gasteiger partial charge in [-0.25, -0.2) is 9.59 Å². The zero-order valence-electron chi connectivity index (χ0n) is 21.4. The highest BCUT2D eigenvalue weighted by atomic mass is 16.6. The van der Waals surface area contributed by atoms with Crippen molar-refractivity contribution in [2.75, 3.05) is 6.61 Å². The first-order chi connectivity index (χ1) is 16.9. The Morgan fingerprint density at radius 1 is 1.03 bits per heavy atom. The Morgan fingerprint density at radius 2 is 1.64 bits per heavy atom. The molecule has 0 aromatic rings. The molecule has 5 atom stereocenters. The zero-order chi connectivity index (χ0) is 25.6. The summed E-state index contributed by atoms with van der Waals surface area (Å²) in [7, 11) is 0. The Kier molecular flexibility index (Phi) is 5.20. The Labute approximate surface area is 211 Å². The highest BCUT2D eigenvalue weighted by Gasteiger charge is 2.76. The second-order valence-electron chi connectivity index (χ2n) is 13.1. The van der Waals surface area contributed by atoms with E-state index in [9.17, 15) is 19.2 Å². The van der Waals surface area contributed by atoms with Crippen LogP contribution < -0.4 is 0 Å². The molecule has 1 saturated heterocycles. The van der Waals surface area contributed by atoms with E-state index < -0.39 is 53.7 Å². The summed E-state index contributed by atoms with van der Waals surface area (Å²) in [6, 6.07) is 0. The summed E-state index contributed by atoms with van der Waals surface area (Å²) in [6.07, 6.45) is 6.70. The van der Waals surface area contributed by atoms with Gasteiger partial charge in [0.15, 0.2) is 12.0 Å². The van der Waals surface area contributed by atoms with E-state index in [1.807, 2.05) is 13.8 Å². The molecule has 0 aromatic carbocycles. The van der Waals surface area contributed by atoms with Gasteiger partial charge in [0.25, 0.3) is 0 Å². The smallest absolute Gasteiger partial charge is 0.344 e. The summed E-state index contributed by atoms with van der Waals surface area (Å²) < 4.78 is 22.5. The lowest BCUT2D eigenvalue weighted by molar-refractivity contribution is -0.209. The van der Waals surface area contributed by atoms with Crippen molar-refractivity contribution in [3.8, 4) is 0 Å². The van der Waals surface area contributed by atoms with Crippen LogP contribution in [0.15, 0.2) is 12.2 Å². The summed E-state index contributed by atoms with van der Waals surface area (Å²) >= 11 is 0. The van der Waals surface area contributed by atoms with Gasteiger partial charge in [-0.15, -0.1) is 0 Å². The second kappa shape index (κ2) is 7.81. The molecule has 7 rings (SSSR count). The first kappa shape index (κ1) is 24.0. The van der Waals surface area contributed by atoms with Crippen LogP contribution in [0, 0.1) is 40.4 Å². The molecule has 0 radical (unpaired) electrons. The van der Waals surface area contributed by atoms with E-state index >= 15 is 0 Å². The number of hydrogen-bond acceptors (Lipinski definition) is 8. The van der Waals surface area contributed by atoms with Crippen LogP contribution in [0.25, 0.3) is 0 Å². The molecule has 1 aliphatic heterocycles. The minimum absolute atomic E-state index is 0.0210. The third-order valence-electron chi connectivity index (χ3n) is 10.5. The highest BCUT2D eigenvalue weighted by molar-refractivity contribution is 6.03. The lowest BCUT2D eigenvalue weighted by Gasteiger charge is -2.61. The van der Waals surface area contributed by atoms with Crippen molar-refractivity contribution in [2.24, 2.45) is 40.4 Å². The van der Waals surface area contributed by atoms with E-state index in [1.54, 1.807) is 0 Å². The van der Waals surface area contributed by atoms with Crippen LogP contribution in [0.1, 0.15) is 72.1 Å². The van der Waals surface area contributed by atoms with Gasteiger partial charge < -0.3 is 18.9 Å². The van der Waals surface area contributed by atoms with Crippen molar-refractivity contribution in [1.82, 2.24) is 0 Å². The maximum Gasteiger partial charge on any atom is 0.344 e. The average Bonchev–Trinajstić information content (AvgIpc) is 3.39. The molecule has 0 amide bonds. The van der Waals surface area contributed by atoms with E-state index in [0.717, 1.165) is 37.0 Å². The third-order valence-corrected chi connectivity index (χ3v) is 10.5. The molecule has 8 nitrogen and oxygen atoms in total. The maximum atomic E-state index is 13.8. The summed E-state index contributed by atoms with van der Waals surface area (Å²) in [4.78, 5) is 50.8. The third kappa shape index (κ3) is 3.31. The van der Waals surface area contributed by atoms with Gasteiger partial charge in [0.2, 0.25) is 0 Å². The average molecular weight is 501 g/mol. The molecular formula is C28H36O8. The van der Waals surface area contributed by atoms with Crippen LogP contribution in [0.3, 0.4) is 0 Å². The molecule has 6 bridgehead atoms. The van der Waals surface area contributed by atoms with E-state index in [2.05, 4.69) is 6.58 Å². The van der Waals surface area contributed by atoms with Crippen LogP contribution in [0.2, 0.25) is 0 Å². The van der Waals surface area contributed by atoms with E-state index in [-0.39, 0.29) is 29.2 Å². The van der Waals surface area contributed by atoms with E-state index in [4.69, 9.17) is 18.9 Å². The molecule has 6 aliphatic carbocycles. The standard InChI is InChI=1S/C28H36O8/c1-14(2)23(30)33-13-20(29)34-21-18-8-19-22(21)35-24(31)28(19,12-18)25(32)36-26(3,4)27-9-15-5-16(10-27)7-17(6-15)11-27/h15-19,21-22H,1,5-13H2,2-4H3. The Balaban J connectivity index is 1.14. The molecule has 8 heteroatoms. The molecule has 0 spiro atoms.